The van der Waals surface area contributed by atoms with Crippen LogP contribution in [0.2, 0.25) is 5.02 Å². The van der Waals surface area contributed by atoms with E-state index in [0.717, 1.165) is 17.0 Å². The Morgan fingerprint density at radius 1 is 1.23 bits per heavy atom. The zero-order valence-corrected chi connectivity index (χ0v) is 8.32. The number of halogens is 1. The fourth-order valence-corrected chi connectivity index (χ4v) is 2.11. The van der Waals surface area contributed by atoms with Crippen LogP contribution in [0, 0.1) is 6.92 Å². The number of hydrogen-bond donors (Lipinski definition) is 0. The van der Waals surface area contributed by atoms with Gasteiger partial charge < -0.3 is 0 Å². The Labute approximate surface area is 82.7 Å². The van der Waals surface area contributed by atoms with E-state index in [1.165, 1.54) is 11.1 Å². The number of carbonyl (C=O) groups excluding carboxylic acids is 1. The fraction of sp³-hybridized carbons (Fsp3) is 0.364. The normalized spacial score (nSPS) is 15.7. The van der Waals surface area contributed by atoms with Crippen molar-refractivity contribution < 1.29 is 4.79 Å². The van der Waals surface area contributed by atoms with E-state index in [9.17, 15) is 4.79 Å². The molecule has 0 bridgehead atoms. The van der Waals surface area contributed by atoms with Gasteiger partial charge in [0.05, 0.1) is 0 Å². The van der Waals surface area contributed by atoms with Gasteiger partial charge in [0.2, 0.25) is 0 Å². The molecule has 0 aromatic heterocycles. The first-order valence-corrected chi connectivity index (χ1v) is 4.85. The predicted molar refractivity (Wildman–Crippen MR) is 53.2 cm³/mol. The smallest absolute Gasteiger partial charge is 0.137 e. The fourth-order valence-electron chi connectivity index (χ4n) is 1.87. The van der Waals surface area contributed by atoms with Gasteiger partial charge in [0.15, 0.2) is 0 Å². The summed E-state index contributed by atoms with van der Waals surface area (Å²) in [6.45, 7) is 2.07. The monoisotopic (exact) mass is 194 g/mol. The Kier molecular flexibility index (Phi) is 2.12. The molecule has 1 aromatic rings. The number of aryl methyl sites for hydroxylation is 1. The van der Waals surface area contributed by atoms with Crippen LogP contribution in [0.25, 0.3) is 0 Å². The van der Waals surface area contributed by atoms with E-state index >= 15 is 0 Å². The van der Waals surface area contributed by atoms with Crippen molar-refractivity contribution in [3.8, 4) is 0 Å². The van der Waals surface area contributed by atoms with Crippen molar-refractivity contribution in [2.45, 2.75) is 26.2 Å². The van der Waals surface area contributed by atoms with Crippen molar-refractivity contribution in [1.29, 1.82) is 0 Å². The Morgan fingerprint density at radius 2 is 2.00 bits per heavy atom. The van der Waals surface area contributed by atoms with Gasteiger partial charge in [0.25, 0.3) is 0 Å². The summed E-state index contributed by atoms with van der Waals surface area (Å²) in [7, 11) is 0. The van der Waals surface area contributed by atoms with E-state index in [-0.39, 0.29) is 0 Å². The lowest BCUT2D eigenvalue weighted by Gasteiger charge is -2.18. The summed E-state index contributed by atoms with van der Waals surface area (Å²) in [5.41, 5.74) is 3.59. The first-order valence-electron chi connectivity index (χ1n) is 4.47. The van der Waals surface area contributed by atoms with E-state index in [1.54, 1.807) is 0 Å². The van der Waals surface area contributed by atoms with Gasteiger partial charge in [0, 0.05) is 17.9 Å². The molecule has 1 nitrogen and oxygen atoms in total. The topological polar surface area (TPSA) is 17.1 Å². The summed E-state index contributed by atoms with van der Waals surface area (Å²) < 4.78 is 0. The van der Waals surface area contributed by atoms with Gasteiger partial charge in [-0.3, -0.25) is 4.79 Å². The number of Topliss-reactive ketones (excluding diaryl/α,β-unsaturated/α-hetero) is 1. The minimum atomic E-state index is 0.306. The predicted octanol–water partition coefficient (Wildman–Crippen LogP) is 2.71. The van der Waals surface area contributed by atoms with Crippen LogP contribution in [-0.4, -0.2) is 5.78 Å². The van der Waals surface area contributed by atoms with E-state index < -0.39 is 0 Å². The highest BCUT2D eigenvalue weighted by Crippen LogP contribution is 2.28. The second kappa shape index (κ2) is 3.15. The third kappa shape index (κ3) is 1.49. The quantitative estimate of drug-likeness (QED) is 0.621. The number of carbonyl (C=O) groups is 1. The lowest BCUT2D eigenvalue weighted by atomic mass is 9.88. The summed E-state index contributed by atoms with van der Waals surface area (Å²) in [6.07, 6.45) is 2.06. The highest BCUT2D eigenvalue weighted by atomic mass is 35.5. The van der Waals surface area contributed by atoms with Crippen LogP contribution < -0.4 is 0 Å². The Morgan fingerprint density at radius 3 is 2.77 bits per heavy atom. The molecule has 2 rings (SSSR count). The largest absolute Gasteiger partial charge is 0.299 e. The van der Waals surface area contributed by atoms with Crippen LogP contribution in [0.1, 0.15) is 23.1 Å². The maximum atomic E-state index is 11.2. The van der Waals surface area contributed by atoms with Gasteiger partial charge in [-0.25, -0.2) is 0 Å². The number of benzene rings is 1. The van der Waals surface area contributed by atoms with Crippen LogP contribution in [0.3, 0.4) is 0 Å². The first-order chi connectivity index (χ1) is 6.18. The lowest BCUT2D eigenvalue weighted by Crippen LogP contribution is -2.14. The molecular weight excluding hydrogens is 184 g/mol. The summed E-state index contributed by atoms with van der Waals surface area (Å²) in [5.74, 6) is 0.306. The standard InChI is InChI=1S/C11H11ClO/c1-7-2-5-11(12)10-6-8(13)3-4-9(7)10/h2,5H,3-4,6H2,1H3. The number of ketones is 1. The summed E-state index contributed by atoms with van der Waals surface area (Å²) >= 11 is 6.03. The van der Waals surface area contributed by atoms with Crippen LogP contribution in [0.5, 0.6) is 0 Å². The van der Waals surface area contributed by atoms with Crippen LogP contribution in [0.4, 0.5) is 0 Å². The molecule has 0 saturated heterocycles. The Hall–Kier alpha value is -0.820. The number of rotatable bonds is 0. The SMILES string of the molecule is Cc1ccc(Cl)c2c1CCC(=O)C2. The molecule has 1 aliphatic carbocycles. The van der Waals surface area contributed by atoms with Gasteiger partial charge in [0.1, 0.15) is 5.78 Å². The molecule has 2 heteroatoms. The number of hydrogen-bond acceptors (Lipinski definition) is 1. The second-order valence-electron chi connectivity index (χ2n) is 3.54. The highest BCUT2D eigenvalue weighted by molar-refractivity contribution is 6.31. The van der Waals surface area contributed by atoms with E-state index in [0.29, 0.717) is 18.6 Å². The molecule has 0 radical (unpaired) electrons. The minimum Gasteiger partial charge on any atom is -0.299 e. The maximum Gasteiger partial charge on any atom is 0.137 e. The van der Waals surface area contributed by atoms with Crippen molar-refractivity contribution in [3.63, 3.8) is 0 Å². The van der Waals surface area contributed by atoms with E-state index in [1.807, 2.05) is 12.1 Å². The molecule has 0 atom stereocenters. The molecule has 0 spiro atoms. The van der Waals surface area contributed by atoms with Gasteiger partial charge in [-0.2, -0.15) is 0 Å². The molecule has 0 N–H and O–H groups in total. The average Bonchev–Trinajstić information content (AvgIpc) is 2.12. The van der Waals surface area contributed by atoms with Crippen molar-refractivity contribution in [2.24, 2.45) is 0 Å². The lowest BCUT2D eigenvalue weighted by molar-refractivity contribution is -0.118. The average molecular weight is 195 g/mol. The summed E-state index contributed by atoms with van der Waals surface area (Å²) in [4.78, 5) is 11.2. The van der Waals surface area contributed by atoms with E-state index in [2.05, 4.69) is 6.92 Å². The third-order valence-corrected chi connectivity index (χ3v) is 2.99. The molecule has 0 amide bonds. The van der Waals surface area contributed by atoms with Crippen molar-refractivity contribution in [1.82, 2.24) is 0 Å². The molecule has 1 aromatic carbocycles. The van der Waals surface area contributed by atoms with E-state index in [4.69, 9.17) is 11.6 Å². The van der Waals surface area contributed by atoms with Gasteiger partial charge in [-0.1, -0.05) is 17.7 Å². The first kappa shape index (κ1) is 8.76. The Balaban J connectivity index is 2.57. The molecule has 0 fully saturated rings. The van der Waals surface area contributed by atoms with Crippen LogP contribution in [0.15, 0.2) is 12.1 Å². The minimum absolute atomic E-state index is 0.306. The van der Waals surface area contributed by atoms with Crippen molar-refractivity contribution in [3.05, 3.63) is 33.8 Å². The molecule has 0 saturated carbocycles. The van der Waals surface area contributed by atoms with Crippen LogP contribution in [-0.2, 0) is 17.6 Å². The number of fused-ring (bicyclic) bond motifs is 1. The molecule has 0 aliphatic heterocycles. The highest BCUT2D eigenvalue weighted by Gasteiger charge is 2.19. The van der Waals surface area contributed by atoms with Gasteiger partial charge >= 0.3 is 0 Å². The van der Waals surface area contributed by atoms with Gasteiger partial charge in [-0.05, 0) is 36.1 Å². The molecule has 1 aliphatic rings. The summed E-state index contributed by atoms with van der Waals surface area (Å²) in [6, 6.07) is 3.91. The second-order valence-corrected chi connectivity index (χ2v) is 3.94. The zero-order valence-electron chi connectivity index (χ0n) is 7.56. The summed E-state index contributed by atoms with van der Waals surface area (Å²) in [5, 5.41) is 0.744. The van der Waals surface area contributed by atoms with Crippen molar-refractivity contribution in [2.75, 3.05) is 0 Å². The maximum absolute atomic E-state index is 11.2. The van der Waals surface area contributed by atoms with Gasteiger partial charge in [-0.15, -0.1) is 0 Å². The Bertz CT molecular complexity index is 369. The molecule has 13 heavy (non-hydrogen) atoms. The van der Waals surface area contributed by atoms with Crippen LogP contribution >= 0.6 is 11.6 Å². The molecular formula is C11H11ClO. The third-order valence-electron chi connectivity index (χ3n) is 2.64. The van der Waals surface area contributed by atoms with Crippen molar-refractivity contribution >= 4 is 17.4 Å². The molecule has 68 valence electrons. The molecule has 0 heterocycles. The molecule has 0 unspecified atom stereocenters. The zero-order chi connectivity index (χ0) is 9.42.